The Hall–Kier alpha value is -10.9. The number of nitrogens with two attached hydrogens (primary N) is 2. The Morgan fingerprint density at radius 1 is 0.478 bits per heavy atom. The lowest BCUT2D eigenvalue weighted by Crippen LogP contribution is -2.48. The van der Waals surface area contributed by atoms with Gasteiger partial charge in [0, 0.05) is 118 Å². The van der Waals surface area contributed by atoms with Gasteiger partial charge in [-0.2, -0.15) is 11.0 Å². The van der Waals surface area contributed by atoms with Gasteiger partial charge in [-0.15, -0.1) is 12.4 Å². The fourth-order valence-electron chi connectivity index (χ4n) is 16.6. The number of hydrogen-bond acceptors (Lipinski definition) is 37. The molecular formula is C93H140ClN21O21S2. The van der Waals surface area contributed by atoms with Crippen molar-refractivity contribution in [2.75, 3.05) is 161 Å². The molecule has 45 heteroatoms. The van der Waals surface area contributed by atoms with E-state index in [-0.39, 0.29) is 111 Å². The number of esters is 6. The SMILES string of the molecule is CCOC(=O)C1CCCN(C(=O)OC(C)(C)C)C1.CCOC(=O)C1CCCN(N(C)c2ncnc3c2ccn3S(=O)(=O)c2ccc(C)cc2)C1.CCOC(=O)C1CCCN(N)C1.CCOC(=O)C1CCCN(Nc2ncnc3c2ccn3S(=O)(=O)c2ccc(C)cc2)C1.CCOC(=O)C1CCCN(ON)C1.CCOC(=O)C1CCCNC1.CN(c1ncnc2[nH]ccc12)N1CCCC(C(=O)O)C1.Cl. The molecule has 0 saturated carbocycles. The van der Waals surface area contributed by atoms with Crippen LogP contribution in [0.5, 0.6) is 0 Å². The first kappa shape index (κ1) is 112. The molecule has 762 valence electrons. The number of nitrogens with one attached hydrogen (secondary N) is 3. The molecule has 8 aromatic rings. The number of nitrogens with zero attached hydrogens (tertiary/aromatic N) is 16. The second kappa shape index (κ2) is 55.2. The molecule has 2 aromatic carbocycles. The van der Waals surface area contributed by atoms with Gasteiger partial charge in [-0.25, -0.2) is 84.5 Å². The van der Waals surface area contributed by atoms with Crippen LogP contribution in [0.25, 0.3) is 33.1 Å². The standard InChI is InChI=1S/C22H27N5O4S.C21H25N5O4S.C13H17N5O2.C13H23NO4.C8H16N2O3.C8H16N2O2.C8H15NO2.ClH/c1-4-31-22(28)17-6-5-12-26(14-17)25(3)20-19-11-13-27(21(19)24-15-23-20)32(29,30)18-9-7-16(2)8-10-18;1-3-30-21(27)16-5-4-11-25(13-16)24-19-18-10-12-26(20(18)23-14-22-19)31(28,29)17-8-6-15(2)7-9-17;1-17(18-6-2-3-9(7-18)13(19)20)12-10-4-5-14-11(10)15-8-16-12;1-5-17-11(15)10-7-6-8-14(9-10)12(16)18-13(2,3)4;1-2-12-8(11)7-4-3-5-10(6-7)13-9;1-2-12-8(11)7-4-3-5-10(9)6-7;1-2-11-8(10)7-4-3-5-9-6-7;/h7-11,13,15,17H,4-6,12,14H2,1-3H3;6-10,12,14,16H,3-5,11,13H2,1-2H3,(H,22,23,24);4-5,8-9H,2-3,6-7H2,1H3,(H,19,20)(H,14,15,16);10H,5-9H2,1-4H3;7H,2-6,9H2,1H3;7H,2-6,9H2,1H3;7,9H,2-6H2,1H3;1H. The van der Waals surface area contributed by atoms with Crippen molar-refractivity contribution < 1.29 is 98.4 Å². The summed E-state index contributed by atoms with van der Waals surface area (Å²) in [5.74, 6) is 9.92. The van der Waals surface area contributed by atoms with Gasteiger partial charge in [0.05, 0.1) is 107 Å². The van der Waals surface area contributed by atoms with Gasteiger partial charge in [0.15, 0.2) is 28.7 Å². The minimum absolute atomic E-state index is 0. The summed E-state index contributed by atoms with van der Waals surface area (Å²) in [4.78, 5) is 128. The summed E-state index contributed by atoms with van der Waals surface area (Å²) in [5.41, 5.74) is 6.07. The minimum Gasteiger partial charge on any atom is -0.481 e. The number of carboxylic acid groups (broad SMARTS) is 1. The molecule has 1 amide bonds. The van der Waals surface area contributed by atoms with Crippen LogP contribution in [0.3, 0.4) is 0 Å². The van der Waals surface area contributed by atoms with Crippen molar-refractivity contribution in [3.05, 3.63) is 115 Å². The highest BCUT2D eigenvalue weighted by Gasteiger charge is 2.37. The maximum Gasteiger partial charge on any atom is 0.410 e. The van der Waals surface area contributed by atoms with E-state index in [0.717, 1.165) is 168 Å². The number of benzene rings is 2. The van der Waals surface area contributed by atoms with E-state index in [4.69, 9.17) is 44.9 Å². The highest BCUT2D eigenvalue weighted by Crippen LogP contribution is 2.33. The zero-order valence-electron chi connectivity index (χ0n) is 81.5. The molecule has 138 heavy (non-hydrogen) atoms. The molecule has 7 atom stereocenters. The number of aromatic nitrogens is 9. The number of aryl methyl sites for hydroxylation is 2. The number of rotatable bonds is 24. The Labute approximate surface area is 813 Å². The van der Waals surface area contributed by atoms with Crippen molar-refractivity contribution in [1.29, 1.82) is 0 Å². The number of anilines is 3. The summed E-state index contributed by atoms with van der Waals surface area (Å²) >= 11 is 0. The van der Waals surface area contributed by atoms with E-state index in [1.54, 1.807) is 103 Å². The topological polar surface area (TPSA) is 504 Å². The van der Waals surface area contributed by atoms with E-state index >= 15 is 0 Å². The normalized spacial score (nSPS) is 20.0. The summed E-state index contributed by atoms with van der Waals surface area (Å²) in [5, 5.41) is 27.6. The fraction of sp³-hybridized carbons (Fsp3) is 0.591. The van der Waals surface area contributed by atoms with Gasteiger partial charge in [-0.3, -0.25) is 49.4 Å². The van der Waals surface area contributed by atoms with Crippen LogP contribution in [0.2, 0.25) is 0 Å². The first-order valence-electron chi connectivity index (χ1n) is 47.2. The average Bonchev–Trinajstić information content (AvgIpc) is 1.60. The number of carbonyl (C=O) groups is 8. The number of halogens is 1. The number of fused-ring (bicyclic) bond motifs is 3. The van der Waals surface area contributed by atoms with Crippen LogP contribution < -0.4 is 32.5 Å². The van der Waals surface area contributed by atoms with Crippen LogP contribution in [0.4, 0.5) is 22.2 Å². The molecule has 7 aliphatic heterocycles. The summed E-state index contributed by atoms with van der Waals surface area (Å²) in [6.45, 7) is 32.2. The smallest absolute Gasteiger partial charge is 0.410 e. The lowest BCUT2D eigenvalue weighted by atomic mass is 9.98. The van der Waals surface area contributed by atoms with Crippen LogP contribution in [0.15, 0.2) is 114 Å². The molecule has 7 unspecified atom stereocenters. The largest absolute Gasteiger partial charge is 0.481 e. The third-order valence-corrected chi connectivity index (χ3v) is 27.1. The van der Waals surface area contributed by atoms with Gasteiger partial charge in [0.25, 0.3) is 20.0 Å². The average molecular weight is 1990 g/mol. The van der Waals surface area contributed by atoms with Crippen LogP contribution in [-0.2, 0) is 91.7 Å². The second-order valence-corrected chi connectivity index (χ2v) is 38.6. The number of carboxylic acids is 1. The molecule has 42 nitrogen and oxygen atoms in total. The Morgan fingerprint density at radius 2 is 0.891 bits per heavy atom. The number of likely N-dealkylation sites (tertiary alicyclic amines) is 1. The van der Waals surface area contributed by atoms with Crippen molar-refractivity contribution in [2.45, 2.75) is 181 Å². The Bertz CT molecular complexity index is 5460. The van der Waals surface area contributed by atoms with Crippen LogP contribution in [-0.4, -0.2) is 294 Å². The van der Waals surface area contributed by atoms with Crippen molar-refractivity contribution in [3.8, 4) is 0 Å². The molecule has 0 spiro atoms. The van der Waals surface area contributed by atoms with E-state index in [9.17, 15) is 60.3 Å². The molecule has 6 aromatic heterocycles. The fourth-order valence-corrected chi connectivity index (χ4v) is 19.2. The van der Waals surface area contributed by atoms with Crippen LogP contribution >= 0.6 is 12.4 Å². The number of amides is 1. The van der Waals surface area contributed by atoms with Crippen LogP contribution in [0.1, 0.15) is 163 Å². The zero-order valence-corrected chi connectivity index (χ0v) is 84.0. The zero-order chi connectivity index (χ0) is 99.5. The molecule has 15 rings (SSSR count). The molecule has 13 heterocycles. The van der Waals surface area contributed by atoms with Gasteiger partial charge in [0.2, 0.25) is 0 Å². The Kier molecular flexibility index (Phi) is 44.9. The maximum atomic E-state index is 13.2. The Balaban J connectivity index is 0.000000205. The molecule has 7 saturated heterocycles. The van der Waals surface area contributed by atoms with E-state index < -0.39 is 31.6 Å². The maximum absolute atomic E-state index is 13.2. The summed E-state index contributed by atoms with van der Waals surface area (Å²) in [6.07, 6.45) is 20.9. The highest BCUT2D eigenvalue weighted by atomic mass is 35.5. The summed E-state index contributed by atoms with van der Waals surface area (Å²) in [7, 11) is -3.81. The molecule has 0 radical (unpaired) electrons. The third kappa shape index (κ3) is 32.3. The number of aliphatic carboxylic acids is 1. The quantitative estimate of drug-likeness (QED) is 0.0142. The van der Waals surface area contributed by atoms with E-state index in [1.165, 1.54) is 35.3 Å². The number of piperidine rings is 7. The number of H-pyrrole nitrogens is 1. The number of hydrogen-bond donors (Lipinski definition) is 6. The summed E-state index contributed by atoms with van der Waals surface area (Å²) < 4.78 is 90.4. The first-order valence-corrected chi connectivity index (χ1v) is 50.0. The van der Waals surface area contributed by atoms with Crippen LogP contribution in [0, 0.1) is 55.3 Å². The molecule has 0 bridgehead atoms. The Morgan fingerprint density at radius 3 is 1.38 bits per heavy atom. The summed E-state index contributed by atoms with van der Waals surface area (Å²) in [6, 6.07) is 18.7. The van der Waals surface area contributed by atoms with Gasteiger partial charge in [0.1, 0.15) is 30.2 Å². The highest BCUT2D eigenvalue weighted by molar-refractivity contribution is 7.90. The van der Waals surface area contributed by atoms with E-state index in [1.807, 2.05) is 99.9 Å². The molecule has 7 fully saturated rings. The number of hydrazine groups is 4. The minimum atomic E-state index is -3.80. The number of aromatic amines is 1. The predicted molar refractivity (Wildman–Crippen MR) is 519 cm³/mol. The second-order valence-electron chi connectivity index (χ2n) is 35.0. The van der Waals surface area contributed by atoms with Crippen molar-refractivity contribution >= 4 is 131 Å². The predicted octanol–water partition coefficient (Wildman–Crippen LogP) is 9.66. The van der Waals surface area contributed by atoms with Gasteiger partial charge in [-0.05, 0) is 215 Å². The van der Waals surface area contributed by atoms with Crippen molar-refractivity contribution in [2.24, 2.45) is 53.2 Å². The lowest BCUT2D eigenvalue weighted by Gasteiger charge is -2.38. The first-order chi connectivity index (χ1) is 65.6. The molecular weight excluding hydrogens is 1850 g/mol. The molecule has 0 aliphatic carbocycles. The monoisotopic (exact) mass is 1990 g/mol. The van der Waals surface area contributed by atoms with E-state index in [2.05, 4.69) is 50.6 Å². The molecule has 8 N–H and O–H groups in total. The van der Waals surface area contributed by atoms with Gasteiger partial charge in [-0.1, -0.05) is 35.4 Å². The number of hydroxylamine groups is 2. The van der Waals surface area contributed by atoms with Gasteiger partial charge >= 0.3 is 47.9 Å². The number of ether oxygens (including phenoxy) is 7. The third-order valence-electron chi connectivity index (χ3n) is 23.7. The lowest BCUT2D eigenvalue weighted by molar-refractivity contribution is -0.190. The van der Waals surface area contributed by atoms with Gasteiger partial charge < -0.3 is 58.9 Å². The number of carbonyl (C=O) groups excluding carboxylic acids is 7. The van der Waals surface area contributed by atoms with Crippen molar-refractivity contribution in [1.82, 2.24) is 78.1 Å². The van der Waals surface area contributed by atoms with E-state index in [0.29, 0.717) is 114 Å². The molecule has 7 aliphatic rings. The van der Waals surface area contributed by atoms with Crippen molar-refractivity contribution in [3.63, 3.8) is 0 Å².